The highest BCUT2D eigenvalue weighted by molar-refractivity contribution is 5.90. The molecule has 0 unspecified atom stereocenters. The zero-order valence-corrected chi connectivity index (χ0v) is 13.5. The van der Waals surface area contributed by atoms with E-state index in [1.165, 1.54) is 5.56 Å². The number of nitrogens with zero attached hydrogens (tertiary/aromatic N) is 1. The SMILES string of the molecule is CCNCc1cccc(NC(=O)CCc2ccccn2)c1.Cl. The number of carbonyl (C=O) groups is 1. The van der Waals surface area contributed by atoms with Crippen LogP contribution in [-0.4, -0.2) is 17.4 Å². The highest BCUT2D eigenvalue weighted by atomic mass is 35.5. The van der Waals surface area contributed by atoms with E-state index in [4.69, 9.17) is 0 Å². The molecular formula is C17H22ClN3O. The van der Waals surface area contributed by atoms with Crippen LogP contribution in [0.25, 0.3) is 0 Å². The van der Waals surface area contributed by atoms with Crippen molar-refractivity contribution in [1.29, 1.82) is 0 Å². The lowest BCUT2D eigenvalue weighted by atomic mass is 10.2. The van der Waals surface area contributed by atoms with Crippen LogP contribution in [0.3, 0.4) is 0 Å². The van der Waals surface area contributed by atoms with Gasteiger partial charge >= 0.3 is 0 Å². The summed E-state index contributed by atoms with van der Waals surface area (Å²) >= 11 is 0. The summed E-state index contributed by atoms with van der Waals surface area (Å²) in [7, 11) is 0. The highest BCUT2D eigenvalue weighted by Crippen LogP contribution is 2.11. The third-order valence-electron chi connectivity index (χ3n) is 3.12. The average molecular weight is 320 g/mol. The van der Waals surface area contributed by atoms with E-state index in [9.17, 15) is 4.79 Å². The van der Waals surface area contributed by atoms with Crippen molar-refractivity contribution in [2.45, 2.75) is 26.3 Å². The Hall–Kier alpha value is -1.91. The molecule has 4 nitrogen and oxygen atoms in total. The van der Waals surface area contributed by atoms with Gasteiger partial charge in [-0.3, -0.25) is 9.78 Å². The number of hydrogen-bond donors (Lipinski definition) is 2. The average Bonchev–Trinajstić information content (AvgIpc) is 2.52. The summed E-state index contributed by atoms with van der Waals surface area (Å²) in [6.45, 7) is 3.82. The summed E-state index contributed by atoms with van der Waals surface area (Å²) in [5.74, 6) is 0.0150. The van der Waals surface area contributed by atoms with Gasteiger partial charge in [0, 0.05) is 30.5 Å². The van der Waals surface area contributed by atoms with E-state index in [0.717, 1.165) is 24.5 Å². The smallest absolute Gasteiger partial charge is 0.224 e. The fourth-order valence-corrected chi connectivity index (χ4v) is 2.04. The summed E-state index contributed by atoms with van der Waals surface area (Å²) in [6, 6.07) is 13.7. The van der Waals surface area contributed by atoms with Gasteiger partial charge in [0.25, 0.3) is 0 Å². The third-order valence-corrected chi connectivity index (χ3v) is 3.12. The normalized spacial score (nSPS) is 9.86. The molecule has 0 atom stereocenters. The first-order valence-electron chi connectivity index (χ1n) is 7.27. The fraction of sp³-hybridized carbons (Fsp3) is 0.294. The van der Waals surface area contributed by atoms with Gasteiger partial charge < -0.3 is 10.6 Å². The quantitative estimate of drug-likeness (QED) is 0.824. The molecule has 1 aromatic heterocycles. The summed E-state index contributed by atoms with van der Waals surface area (Å²) in [6.07, 6.45) is 2.84. The molecule has 0 bridgehead atoms. The molecule has 5 heteroatoms. The molecule has 2 rings (SSSR count). The van der Waals surface area contributed by atoms with Crippen LogP contribution in [0.4, 0.5) is 5.69 Å². The van der Waals surface area contributed by atoms with Crippen LogP contribution in [0.2, 0.25) is 0 Å². The van der Waals surface area contributed by atoms with E-state index < -0.39 is 0 Å². The molecule has 2 N–H and O–H groups in total. The van der Waals surface area contributed by atoms with Crippen LogP contribution in [-0.2, 0) is 17.8 Å². The second-order valence-electron chi connectivity index (χ2n) is 4.85. The Morgan fingerprint density at radius 1 is 1.18 bits per heavy atom. The lowest BCUT2D eigenvalue weighted by Crippen LogP contribution is -2.14. The molecule has 22 heavy (non-hydrogen) atoms. The van der Waals surface area contributed by atoms with E-state index in [-0.39, 0.29) is 18.3 Å². The summed E-state index contributed by atoms with van der Waals surface area (Å²) < 4.78 is 0. The first-order valence-corrected chi connectivity index (χ1v) is 7.27. The number of aryl methyl sites for hydroxylation is 1. The molecular weight excluding hydrogens is 298 g/mol. The molecule has 118 valence electrons. The Morgan fingerprint density at radius 3 is 2.77 bits per heavy atom. The third kappa shape index (κ3) is 6.24. The Balaban J connectivity index is 0.00000242. The number of nitrogens with one attached hydrogen (secondary N) is 2. The van der Waals surface area contributed by atoms with Gasteiger partial charge in [0.15, 0.2) is 0 Å². The molecule has 0 spiro atoms. The van der Waals surface area contributed by atoms with Crippen LogP contribution >= 0.6 is 12.4 Å². The van der Waals surface area contributed by atoms with Gasteiger partial charge in [-0.2, -0.15) is 0 Å². The van der Waals surface area contributed by atoms with E-state index in [1.807, 2.05) is 42.5 Å². The maximum Gasteiger partial charge on any atom is 0.224 e. The van der Waals surface area contributed by atoms with Gasteiger partial charge in [0.2, 0.25) is 5.91 Å². The zero-order chi connectivity index (χ0) is 14.9. The molecule has 1 aromatic carbocycles. The Bertz CT molecular complexity index is 575. The number of anilines is 1. The predicted octanol–water partition coefficient (Wildman–Crippen LogP) is 3.18. The number of rotatable bonds is 7. The number of pyridine rings is 1. The van der Waals surface area contributed by atoms with Crippen LogP contribution in [0.5, 0.6) is 0 Å². The zero-order valence-electron chi connectivity index (χ0n) is 12.7. The van der Waals surface area contributed by atoms with Gasteiger partial charge in [0.1, 0.15) is 0 Å². The van der Waals surface area contributed by atoms with E-state index in [2.05, 4.69) is 22.5 Å². The van der Waals surface area contributed by atoms with Gasteiger partial charge in [0.05, 0.1) is 0 Å². The van der Waals surface area contributed by atoms with Crippen LogP contribution in [0.1, 0.15) is 24.6 Å². The van der Waals surface area contributed by atoms with Crippen LogP contribution < -0.4 is 10.6 Å². The van der Waals surface area contributed by atoms with Gasteiger partial charge in [-0.1, -0.05) is 25.1 Å². The van der Waals surface area contributed by atoms with Crippen molar-refractivity contribution in [1.82, 2.24) is 10.3 Å². The number of halogens is 1. The topological polar surface area (TPSA) is 54.0 Å². The first-order chi connectivity index (χ1) is 10.3. The molecule has 0 saturated carbocycles. The van der Waals surface area contributed by atoms with E-state index in [1.54, 1.807) is 6.20 Å². The van der Waals surface area contributed by atoms with E-state index in [0.29, 0.717) is 12.8 Å². The van der Waals surface area contributed by atoms with Crippen molar-refractivity contribution in [3.05, 3.63) is 59.9 Å². The van der Waals surface area contributed by atoms with Gasteiger partial charge in [-0.15, -0.1) is 12.4 Å². The summed E-state index contributed by atoms with van der Waals surface area (Å²) in [5, 5.41) is 6.21. The molecule has 0 saturated heterocycles. The number of amides is 1. The van der Waals surface area contributed by atoms with Gasteiger partial charge in [-0.05, 0) is 42.8 Å². The second kappa shape index (κ2) is 9.92. The molecule has 1 amide bonds. The van der Waals surface area contributed by atoms with Crippen molar-refractivity contribution < 1.29 is 4.79 Å². The van der Waals surface area contributed by atoms with E-state index >= 15 is 0 Å². The minimum Gasteiger partial charge on any atom is -0.326 e. The maximum atomic E-state index is 12.0. The van der Waals surface area contributed by atoms with Crippen LogP contribution in [0, 0.1) is 0 Å². The second-order valence-corrected chi connectivity index (χ2v) is 4.85. The molecule has 0 aliphatic heterocycles. The highest BCUT2D eigenvalue weighted by Gasteiger charge is 2.04. The molecule has 0 aliphatic carbocycles. The number of carbonyl (C=O) groups excluding carboxylic acids is 1. The predicted molar refractivity (Wildman–Crippen MR) is 92.3 cm³/mol. The van der Waals surface area contributed by atoms with Crippen molar-refractivity contribution in [3.8, 4) is 0 Å². The van der Waals surface area contributed by atoms with Crippen molar-refractivity contribution in [2.24, 2.45) is 0 Å². The standard InChI is InChI=1S/C17H21N3O.ClH/c1-2-18-13-14-6-5-8-16(12-14)20-17(21)10-9-15-7-3-4-11-19-15;/h3-8,11-12,18H,2,9-10,13H2,1H3,(H,20,21);1H. The molecule has 0 radical (unpaired) electrons. The summed E-state index contributed by atoms with van der Waals surface area (Å²) in [5.41, 5.74) is 2.95. The van der Waals surface area contributed by atoms with Crippen molar-refractivity contribution >= 4 is 24.0 Å². The van der Waals surface area contributed by atoms with Crippen molar-refractivity contribution in [2.75, 3.05) is 11.9 Å². The summed E-state index contributed by atoms with van der Waals surface area (Å²) in [4.78, 5) is 16.2. The Morgan fingerprint density at radius 2 is 2.05 bits per heavy atom. The number of benzene rings is 1. The largest absolute Gasteiger partial charge is 0.326 e. The molecule has 1 heterocycles. The van der Waals surface area contributed by atoms with Crippen molar-refractivity contribution in [3.63, 3.8) is 0 Å². The number of aromatic nitrogens is 1. The lowest BCUT2D eigenvalue weighted by Gasteiger charge is -2.08. The fourth-order valence-electron chi connectivity index (χ4n) is 2.04. The first kappa shape index (κ1) is 18.1. The minimum atomic E-state index is 0. The Kier molecular flexibility index (Phi) is 8.18. The minimum absolute atomic E-state index is 0. The van der Waals surface area contributed by atoms with Crippen LogP contribution in [0.15, 0.2) is 48.7 Å². The maximum absolute atomic E-state index is 12.0. The Labute approximate surface area is 137 Å². The molecule has 0 aliphatic rings. The molecule has 0 fully saturated rings. The lowest BCUT2D eigenvalue weighted by molar-refractivity contribution is -0.116. The monoisotopic (exact) mass is 319 g/mol. The van der Waals surface area contributed by atoms with Gasteiger partial charge in [-0.25, -0.2) is 0 Å². The number of hydrogen-bond acceptors (Lipinski definition) is 3. The molecule has 2 aromatic rings.